The van der Waals surface area contributed by atoms with Gasteiger partial charge in [-0.2, -0.15) is 5.10 Å². The maximum atomic E-state index is 13.1. The van der Waals surface area contributed by atoms with E-state index in [2.05, 4.69) is 39.2 Å². The zero-order chi connectivity index (χ0) is 19.9. The molecule has 7 nitrogen and oxygen atoms in total. The first kappa shape index (κ1) is 25.6. The van der Waals surface area contributed by atoms with Crippen LogP contribution in [0.2, 0.25) is 0 Å². The average Bonchev–Trinajstić information content (AvgIpc) is 3.22. The number of anilines is 1. The van der Waals surface area contributed by atoms with Crippen molar-refractivity contribution in [3.05, 3.63) is 66.0 Å². The summed E-state index contributed by atoms with van der Waals surface area (Å²) in [5.41, 5.74) is 8.13. The van der Waals surface area contributed by atoms with Crippen LogP contribution in [0.5, 0.6) is 0 Å². The maximum absolute atomic E-state index is 13.1. The number of nitrogens with zero attached hydrogens (tertiary/aromatic N) is 3. The summed E-state index contributed by atoms with van der Waals surface area (Å²) in [6.07, 6.45) is 0. The molecule has 3 rings (SSSR count). The van der Waals surface area contributed by atoms with Crippen LogP contribution in [-0.2, 0) is 11.3 Å². The van der Waals surface area contributed by atoms with Crippen LogP contribution in [0.15, 0.2) is 54.6 Å². The van der Waals surface area contributed by atoms with Crippen molar-refractivity contribution < 1.29 is 4.79 Å². The second-order valence-electron chi connectivity index (χ2n) is 6.41. The Balaban J connectivity index is 0.00000225. The standard InChI is InChI=1S/C21H26N6O.2ClH/c1-3-27(4-2)19(15-8-6-5-7-9-15)21(28)23-17-12-10-16(11-13-17)20-24-18(14-22)25-26-20;;/h5-13,19H,3-4,14,22H2,1-2H3,(H,23,28)(H,24,25,26);2*1H. The number of carbonyl (C=O) groups excluding carboxylic acids is 1. The third-order valence-corrected chi connectivity index (χ3v) is 4.68. The van der Waals surface area contributed by atoms with Crippen LogP contribution in [0.1, 0.15) is 31.3 Å². The van der Waals surface area contributed by atoms with Gasteiger partial charge in [-0.15, -0.1) is 24.8 Å². The molecule has 0 fully saturated rings. The fourth-order valence-corrected chi connectivity index (χ4v) is 3.18. The molecule has 2 aromatic carbocycles. The summed E-state index contributed by atoms with van der Waals surface area (Å²) in [4.78, 5) is 19.5. The molecule has 1 unspecified atom stereocenters. The highest BCUT2D eigenvalue weighted by Gasteiger charge is 2.25. The Morgan fingerprint density at radius 2 is 1.70 bits per heavy atom. The number of aromatic amines is 1. The zero-order valence-corrected chi connectivity index (χ0v) is 18.7. The summed E-state index contributed by atoms with van der Waals surface area (Å²) in [5, 5.41) is 9.98. The van der Waals surface area contributed by atoms with Gasteiger partial charge in [-0.05, 0) is 42.9 Å². The molecule has 0 spiro atoms. The molecular weight excluding hydrogens is 423 g/mol. The number of nitrogens with two attached hydrogens (primary N) is 1. The van der Waals surface area contributed by atoms with Gasteiger partial charge in [0.05, 0.1) is 6.54 Å². The van der Waals surface area contributed by atoms with E-state index in [1.165, 1.54) is 0 Å². The number of aromatic nitrogens is 3. The molecule has 0 saturated heterocycles. The highest BCUT2D eigenvalue weighted by Crippen LogP contribution is 2.24. The van der Waals surface area contributed by atoms with Crippen molar-refractivity contribution in [3.63, 3.8) is 0 Å². The topological polar surface area (TPSA) is 99.9 Å². The van der Waals surface area contributed by atoms with Gasteiger partial charge in [0.15, 0.2) is 5.82 Å². The average molecular weight is 451 g/mol. The van der Waals surface area contributed by atoms with Gasteiger partial charge in [-0.25, -0.2) is 4.98 Å². The first-order chi connectivity index (χ1) is 13.7. The van der Waals surface area contributed by atoms with E-state index >= 15 is 0 Å². The number of carbonyl (C=O) groups is 1. The highest BCUT2D eigenvalue weighted by atomic mass is 35.5. The van der Waals surface area contributed by atoms with Gasteiger partial charge in [0.2, 0.25) is 5.91 Å². The minimum atomic E-state index is -0.337. The molecule has 1 heterocycles. The van der Waals surface area contributed by atoms with Crippen LogP contribution in [0.3, 0.4) is 0 Å². The van der Waals surface area contributed by atoms with Crippen LogP contribution >= 0.6 is 24.8 Å². The highest BCUT2D eigenvalue weighted by molar-refractivity contribution is 5.95. The molecule has 0 radical (unpaired) electrons. The van der Waals surface area contributed by atoms with E-state index in [1.807, 2.05) is 54.6 Å². The Hall–Kier alpha value is -2.45. The lowest BCUT2D eigenvalue weighted by atomic mass is 10.0. The lowest BCUT2D eigenvalue weighted by Crippen LogP contribution is -2.37. The third kappa shape index (κ3) is 6.03. The van der Waals surface area contributed by atoms with Gasteiger partial charge < -0.3 is 11.1 Å². The Labute approximate surface area is 189 Å². The second-order valence-corrected chi connectivity index (χ2v) is 6.41. The minimum Gasteiger partial charge on any atom is -0.324 e. The summed E-state index contributed by atoms with van der Waals surface area (Å²) in [6.45, 7) is 6.02. The van der Waals surface area contributed by atoms with E-state index in [4.69, 9.17) is 5.73 Å². The number of rotatable bonds is 8. The molecular formula is C21H28Cl2N6O. The van der Waals surface area contributed by atoms with Gasteiger partial charge in [0.25, 0.3) is 0 Å². The second kappa shape index (κ2) is 12.3. The van der Waals surface area contributed by atoms with E-state index in [9.17, 15) is 4.79 Å². The summed E-state index contributed by atoms with van der Waals surface area (Å²) in [6, 6.07) is 17.0. The Kier molecular flexibility index (Phi) is 10.5. The van der Waals surface area contributed by atoms with E-state index in [0.29, 0.717) is 18.2 Å². The number of amides is 1. The summed E-state index contributed by atoms with van der Waals surface area (Å²) in [5.74, 6) is 1.17. The maximum Gasteiger partial charge on any atom is 0.246 e. The predicted molar refractivity (Wildman–Crippen MR) is 125 cm³/mol. The summed E-state index contributed by atoms with van der Waals surface area (Å²) in [7, 11) is 0. The number of likely N-dealkylation sites (N-methyl/N-ethyl adjacent to an activating group) is 1. The SMILES string of the molecule is CCN(CC)C(C(=O)Nc1ccc(-c2n[nH]c(CN)n2)cc1)c1ccccc1.Cl.Cl. The van der Waals surface area contributed by atoms with E-state index < -0.39 is 0 Å². The number of nitrogens with one attached hydrogen (secondary N) is 2. The van der Waals surface area contributed by atoms with E-state index in [0.717, 1.165) is 29.9 Å². The van der Waals surface area contributed by atoms with E-state index in [-0.39, 0.29) is 36.8 Å². The lowest BCUT2D eigenvalue weighted by molar-refractivity contribution is -0.121. The van der Waals surface area contributed by atoms with Crippen molar-refractivity contribution in [1.29, 1.82) is 0 Å². The van der Waals surface area contributed by atoms with Crippen LogP contribution in [0.25, 0.3) is 11.4 Å². The molecule has 9 heteroatoms. The van der Waals surface area contributed by atoms with Crippen molar-refractivity contribution in [2.24, 2.45) is 5.73 Å². The molecule has 3 aromatic rings. The van der Waals surface area contributed by atoms with Gasteiger partial charge in [0, 0.05) is 11.3 Å². The van der Waals surface area contributed by atoms with Crippen molar-refractivity contribution >= 4 is 36.4 Å². The molecule has 162 valence electrons. The molecule has 1 amide bonds. The van der Waals surface area contributed by atoms with E-state index in [1.54, 1.807) is 0 Å². The molecule has 0 saturated carbocycles. The number of hydrogen-bond donors (Lipinski definition) is 3. The molecule has 1 atom stereocenters. The summed E-state index contributed by atoms with van der Waals surface area (Å²) >= 11 is 0. The molecule has 0 bridgehead atoms. The van der Waals surface area contributed by atoms with Crippen molar-refractivity contribution in [2.45, 2.75) is 26.4 Å². The third-order valence-electron chi connectivity index (χ3n) is 4.68. The minimum absolute atomic E-state index is 0. The molecule has 4 N–H and O–H groups in total. The molecule has 0 aliphatic carbocycles. The zero-order valence-electron chi connectivity index (χ0n) is 17.0. The number of halogens is 2. The van der Waals surface area contributed by atoms with Gasteiger partial charge in [-0.3, -0.25) is 14.8 Å². The van der Waals surface area contributed by atoms with Gasteiger partial charge >= 0.3 is 0 Å². The normalized spacial score (nSPS) is 11.3. The molecule has 30 heavy (non-hydrogen) atoms. The Morgan fingerprint density at radius 3 is 2.23 bits per heavy atom. The van der Waals surface area contributed by atoms with Crippen molar-refractivity contribution in [1.82, 2.24) is 20.1 Å². The Bertz CT molecular complexity index is 897. The summed E-state index contributed by atoms with van der Waals surface area (Å²) < 4.78 is 0. The van der Waals surface area contributed by atoms with Crippen LogP contribution in [0, 0.1) is 0 Å². The van der Waals surface area contributed by atoms with Gasteiger partial charge in [-0.1, -0.05) is 44.2 Å². The Morgan fingerprint density at radius 1 is 1.07 bits per heavy atom. The van der Waals surface area contributed by atoms with Gasteiger partial charge in [0.1, 0.15) is 11.9 Å². The van der Waals surface area contributed by atoms with Crippen molar-refractivity contribution in [3.8, 4) is 11.4 Å². The smallest absolute Gasteiger partial charge is 0.246 e. The number of hydrogen-bond acceptors (Lipinski definition) is 5. The number of benzene rings is 2. The first-order valence-electron chi connectivity index (χ1n) is 9.47. The quantitative estimate of drug-likeness (QED) is 0.484. The largest absolute Gasteiger partial charge is 0.324 e. The first-order valence-corrected chi connectivity index (χ1v) is 9.47. The fourth-order valence-electron chi connectivity index (χ4n) is 3.18. The fraction of sp³-hybridized carbons (Fsp3) is 0.286. The lowest BCUT2D eigenvalue weighted by Gasteiger charge is -2.29. The van der Waals surface area contributed by atoms with Crippen LogP contribution in [-0.4, -0.2) is 39.1 Å². The van der Waals surface area contributed by atoms with Crippen LogP contribution < -0.4 is 11.1 Å². The number of H-pyrrole nitrogens is 1. The molecule has 1 aromatic heterocycles. The van der Waals surface area contributed by atoms with Crippen LogP contribution in [0.4, 0.5) is 5.69 Å². The monoisotopic (exact) mass is 450 g/mol. The predicted octanol–water partition coefficient (Wildman–Crippen LogP) is 3.80. The molecule has 0 aliphatic rings. The van der Waals surface area contributed by atoms with Crippen molar-refractivity contribution in [2.75, 3.05) is 18.4 Å². The molecule has 0 aliphatic heterocycles.